The summed E-state index contributed by atoms with van der Waals surface area (Å²) in [5.41, 5.74) is 14.8. The molecule has 312 valence electrons. The predicted octanol–water partition coefficient (Wildman–Crippen LogP) is 14.8. The second-order valence-corrected chi connectivity index (χ2v) is 16.3. The lowest BCUT2D eigenvalue weighted by atomic mass is 9.95. The summed E-state index contributed by atoms with van der Waals surface area (Å²) < 4.78 is 0. The lowest BCUT2D eigenvalue weighted by Crippen LogP contribution is -2.00. The standard InChI is InChI=1S/C60H42N6/c1-5-16-41(17-6-1)42-30-32-43(33-31-42)44-34-36-48(37-35-44)58-62-57(47-22-11-4-12-23-47)65-60(66-58)54-29-15-27-52(40-54)50-25-13-24-49(38-50)51-26-14-28-53(39-51)59-63-55(45-18-7-2-8-19-45)61-56(64-59)46-20-9-3-10-21-46/h1-5,7-16,18-40H,6,17H2. The molecule has 6 heteroatoms. The second kappa shape index (κ2) is 18.2. The molecule has 0 saturated carbocycles. The van der Waals surface area contributed by atoms with Crippen molar-refractivity contribution in [3.05, 3.63) is 236 Å². The van der Waals surface area contributed by atoms with Crippen molar-refractivity contribution in [1.82, 2.24) is 29.9 Å². The fourth-order valence-electron chi connectivity index (χ4n) is 8.37. The third kappa shape index (κ3) is 8.64. The van der Waals surface area contributed by atoms with Gasteiger partial charge in [-0.15, -0.1) is 0 Å². The van der Waals surface area contributed by atoms with Gasteiger partial charge in [0, 0.05) is 33.4 Å². The number of hydrogen-bond donors (Lipinski definition) is 0. The summed E-state index contributed by atoms with van der Waals surface area (Å²) in [7, 11) is 0. The molecule has 66 heavy (non-hydrogen) atoms. The Balaban J connectivity index is 0.907. The van der Waals surface area contributed by atoms with Gasteiger partial charge in [-0.05, 0) is 75.6 Å². The Labute approximate surface area is 384 Å². The van der Waals surface area contributed by atoms with E-state index in [4.69, 9.17) is 29.9 Å². The highest BCUT2D eigenvalue weighted by molar-refractivity contribution is 5.79. The van der Waals surface area contributed by atoms with Gasteiger partial charge >= 0.3 is 0 Å². The van der Waals surface area contributed by atoms with E-state index in [-0.39, 0.29) is 0 Å². The average molecular weight is 847 g/mol. The van der Waals surface area contributed by atoms with E-state index in [0.29, 0.717) is 34.9 Å². The van der Waals surface area contributed by atoms with E-state index in [1.165, 1.54) is 16.7 Å². The van der Waals surface area contributed by atoms with Crippen molar-refractivity contribution in [2.24, 2.45) is 0 Å². The quantitative estimate of drug-likeness (QED) is 0.136. The molecule has 0 N–H and O–H groups in total. The van der Waals surface area contributed by atoms with Crippen LogP contribution in [0.4, 0.5) is 0 Å². The number of rotatable bonds is 10. The third-order valence-electron chi connectivity index (χ3n) is 11.9. The van der Waals surface area contributed by atoms with E-state index in [1.54, 1.807) is 0 Å². The first-order valence-electron chi connectivity index (χ1n) is 22.2. The Hall–Kier alpha value is -8.74. The van der Waals surface area contributed by atoms with Crippen LogP contribution >= 0.6 is 0 Å². The van der Waals surface area contributed by atoms with Crippen LogP contribution in [0.15, 0.2) is 231 Å². The van der Waals surface area contributed by atoms with Crippen molar-refractivity contribution in [2.45, 2.75) is 12.8 Å². The van der Waals surface area contributed by atoms with Crippen LogP contribution in [-0.2, 0) is 0 Å². The van der Waals surface area contributed by atoms with E-state index >= 15 is 0 Å². The molecule has 11 rings (SSSR count). The maximum atomic E-state index is 5.10. The number of benzene rings is 8. The molecule has 8 aromatic carbocycles. The molecule has 0 spiro atoms. The first-order chi connectivity index (χ1) is 32.7. The highest BCUT2D eigenvalue weighted by Crippen LogP contribution is 2.34. The van der Waals surface area contributed by atoms with Crippen LogP contribution in [0.3, 0.4) is 0 Å². The van der Waals surface area contributed by atoms with Crippen LogP contribution < -0.4 is 0 Å². The van der Waals surface area contributed by atoms with Crippen molar-refractivity contribution in [1.29, 1.82) is 0 Å². The van der Waals surface area contributed by atoms with Gasteiger partial charge in [0.25, 0.3) is 0 Å². The molecule has 1 aliphatic rings. The van der Waals surface area contributed by atoms with Crippen LogP contribution in [-0.4, -0.2) is 29.9 Å². The van der Waals surface area contributed by atoms with E-state index in [9.17, 15) is 0 Å². The van der Waals surface area contributed by atoms with Crippen LogP contribution in [0.25, 0.3) is 107 Å². The van der Waals surface area contributed by atoms with Gasteiger partial charge in [0.2, 0.25) is 0 Å². The molecular formula is C60H42N6. The molecule has 6 nitrogen and oxygen atoms in total. The van der Waals surface area contributed by atoms with Crippen molar-refractivity contribution in [3.8, 4) is 102 Å². The monoisotopic (exact) mass is 846 g/mol. The molecule has 0 amide bonds. The SMILES string of the molecule is C1=CCCC(c2ccc(-c3ccc(-c4nc(-c5ccccc5)nc(-c5cccc(-c6cccc(-c7cccc(-c8nc(-c9ccccc9)nc(-c9ccccc9)n8)c7)c6)c5)n4)cc3)cc2)=C1. The van der Waals surface area contributed by atoms with Crippen LogP contribution in [0.1, 0.15) is 18.4 Å². The molecular weight excluding hydrogens is 805 g/mol. The van der Waals surface area contributed by atoms with E-state index in [2.05, 4.69) is 140 Å². The smallest absolute Gasteiger partial charge is 0.164 e. The van der Waals surface area contributed by atoms with Gasteiger partial charge in [0.1, 0.15) is 0 Å². The second-order valence-electron chi connectivity index (χ2n) is 16.3. The molecule has 0 atom stereocenters. The molecule has 1 aliphatic carbocycles. The molecule has 0 saturated heterocycles. The number of aromatic nitrogens is 6. The normalized spacial score (nSPS) is 12.2. The topological polar surface area (TPSA) is 77.3 Å². The molecule has 0 bridgehead atoms. The Morgan fingerprint density at radius 2 is 0.530 bits per heavy atom. The maximum Gasteiger partial charge on any atom is 0.164 e. The van der Waals surface area contributed by atoms with Crippen molar-refractivity contribution < 1.29 is 0 Å². The van der Waals surface area contributed by atoms with Crippen molar-refractivity contribution in [3.63, 3.8) is 0 Å². The summed E-state index contributed by atoms with van der Waals surface area (Å²) in [6.45, 7) is 0. The van der Waals surface area contributed by atoms with Gasteiger partial charge in [-0.3, -0.25) is 0 Å². The fraction of sp³-hybridized carbons (Fsp3) is 0.0333. The molecule has 10 aromatic rings. The largest absolute Gasteiger partial charge is 0.208 e. The highest BCUT2D eigenvalue weighted by atomic mass is 15.0. The van der Waals surface area contributed by atoms with Gasteiger partial charge in [0.15, 0.2) is 34.9 Å². The zero-order valence-corrected chi connectivity index (χ0v) is 36.0. The zero-order chi connectivity index (χ0) is 44.1. The predicted molar refractivity (Wildman–Crippen MR) is 268 cm³/mol. The van der Waals surface area contributed by atoms with E-state index in [1.807, 2.05) is 91.0 Å². The van der Waals surface area contributed by atoms with Crippen molar-refractivity contribution >= 4 is 5.57 Å². The molecule has 2 aromatic heterocycles. The summed E-state index contributed by atoms with van der Waals surface area (Å²) in [5, 5.41) is 0. The zero-order valence-electron chi connectivity index (χ0n) is 36.0. The molecule has 0 unspecified atom stereocenters. The Kier molecular flexibility index (Phi) is 11.0. The van der Waals surface area contributed by atoms with Crippen LogP contribution in [0.5, 0.6) is 0 Å². The van der Waals surface area contributed by atoms with Crippen LogP contribution in [0, 0.1) is 0 Å². The van der Waals surface area contributed by atoms with E-state index in [0.717, 1.165) is 74.0 Å². The first kappa shape index (κ1) is 40.1. The number of nitrogens with zero attached hydrogens (tertiary/aromatic N) is 6. The van der Waals surface area contributed by atoms with Gasteiger partial charge < -0.3 is 0 Å². The minimum absolute atomic E-state index is 0.609. The Morgan fingerprint density at radius 1 is 0.242 bits per heavy atom. The lowest BCUT2D eigenvalue weighted by molar-refractivity contribution is 1.05. The first-order valence-corrected chi connectivity index (χ1v) is 22.2. The Morgan fingerprint density at radius 3 is 0.894 bits per heavy atom. The molecule has 0 radical (unpaired) electrons. The fourth-order valence-corrected chi connectivity index (χ4v) is 8.37. The van der Waals surface area contributed by atoms with E-state index < -0.39 is 0 Å². The highest BCUT2D eigenvalue weighted by Gasteiger charge is 2.16. The number of hydrogen-bond acceptors (Lipinski definition) is 6. The maximum absolute atomic E-state index is 5.10. The lowest BCUT2D eigenvalue weighted by Gasteiger charge is -2.12. The summed E-state index contributed by atoms with van der Waals surface area (Å²) in [6.07, 6.45) is 8.77. The van der Waals surface area contributed by atoms with Crippen LogP contribution in [0.2, 0.25) is 0 Å². The van der Waals surface area contributed by atoms with Gasteiger partial charge in [0.05, 0.1) is 0 Å². The summed E-state index contributed by atoms with van der Waals surface area (Å²) in [4.78, 5) is 30.0. The summed E-state index contributed by atoms with van der Waals surface area (Å²) >= 11 is 0. The molecule has 0 fully saturated rings. The van der Waals surface area contributed by atoms with Gasteiger partial charge in [-0.1, -0.05) is 212 Å². The minimum atomic E-state index is 0.609. The minimum Gasteiger partial charge on any atom is -0.208 e. The summed E-state index contributed by atoms with van der Waals surface area (Å²) in [6, 6.07) is 73.0. The third-order valence-corrected chi connectivity index (χ3v) is 11.9. The molecule has 2 heterocycles. The Bertz CT molecular complexity index is 3320. The van der Waals surface area contributed by atoms with Gasteiger partial charge in [-0.2, -0.15) is 0 Å². The summed E-state index contributed by atoms with van der Waals surface area (Å²) in [5.74, 6) is 3.74. The van der Waals surface area contributed by atoms with Gasteiger partial charge in [-0.25, -0.2) is 29.9 Å². The average Bonchev–Trinajstić information content (AvgIpc) is 3.42. The van der Waals surface area contributed by atoms with Crippen molar-refractivity contribution in [2.75, 3.05) is 0 Å². The number of allylic oxidation sites excluding steroid dienone is 4. The molecule has 0 aliphatic heterocycles.